The molecule has 2 nitrogen and oxygen atoms in total. The fourth-order valence-corrected chi connectivity index (χ4v) is 3.89. The molecule has 0 aliphatic rings. The first kappa shape index (κ1) is 17.5. The molecule has 0 spiro atoms. The van der Waals surface area contributed by atoms with E-state index >= 15 is 4.39 Å². The Hall–Kier alpha value is -2.30. The summed E-state index contributed by atoms with van der Waals surface area (Å²) in [5.74, 6) is 0. The van der Waals surface area contributed by atoms with E-state index in [0.29, 0.717) is 15.4 Å². The number of hydrogen-bond donors (Lipinski definition) is 1. The van der Waals surface area contributed by atoms with Gasteiger partial charge in [-0.2, -0.15) is 0 Å². The first-order valence-corrected chi connectivity index (χ1v) is 9.17. The van der Waals surface area contributed by atoms with Crippen molar-refractivity contribution >= 4 is 10.8 Å². The predicted molar refractivity (Wildman–Crippen MR) is 97.5 cm³/mol. The molecule has 0 radical (unpaired) electrons. The maximum absolute atomic E-state index is 15.0. The number of hydrogen-bond acceptors (Lipinski definition) is 2. The van der Waals surface area contributed by atoms with Gasteiger partial charge in [0.25, 0.3) is 0 Å². The molecule has 0 aromatic heterocycles. The minimum atomic E-state index is -1.66. The van der Waals surface area contributed by atoms with Crippen LogP contribution >= 0.6 is 0 Å². The van der Waals surface area contributed by atoms with Crippen LogP contribution in [0, 0.1) is 6.92 Å². The third kappa shape index (κ3) is 3.86. The van der Waals surface area contributed by atoms with Crippen LogP contribution in [0.15, 0.2) is 88.7 Å². The van der Waals surface area contributed by atoms with Gasteiger partial charge in [0, 0.05) is 15.4 Å². The summed E-state index contributed by atoms with van der Waals surface area (Å²) >= 11 is 0. The van der Waals surface area contributed by atoms with Crippen molar-refractivity contribution in [2.24, 2.45) is 0 Å². The molecule has 0 aliphatic carbocycles. The van der Waals surface area contributed by atoms with Gasteiger partial charge in [0.2, 0.25) is 0 Å². The summed E-state index contributed by atoms with van der Waals surface area (Å²) in [6.45, 7) is 1.95. The summed E-state index contributed by atoms with van der Waals surface area (Å²) < 4.78 is 27.9. The Bertz CT molecular complexity index is 863. The zero-order valence-electron chi connectivity index (χ0n) is 13.8. The van der Waals surface area contributed by atoms with Crippen LogP contribution in [0.25, 0.3) is 0 Å². The topological polar surface area (TPSA) is 37.3 Å². The molecule has 1 unspecified atom stereocenters. The van der Waals surface area contributed by atoms with E-state index in [0.717, 1.165) is 5.56 Å². The van der Waals surface area contributed by atoms with Gasteiger partial charge in [0.1, 0.15) is 6.10 Å². The quantitative estimate of drug-likeness (QED) is 0.707. The van der Waals surface area contributed by atoms with Crippen molar-refractivity contribution < 1.29 is 13.7 Å². The lowest BCUT2D eigenvalue weighted by Gasteiger charge is -2.19. The molecular weight excluding hydrogens is 335 g/mol. The lowest BCUT2D eigenvalue weighted by atomic mass is 9.99. The largest absolute Gasteiger partial charge is 0.385 e. The van der Waals surface area contributed by atoms with Crippen LogP contribution in [0.4, 0.5) is 4.39 Å². The van der Waals surface area contributed by atoms with E-state index in [1.807, 2.05) is 25.1 Å². The molecule has 3 atom stereocenters. The van der Waals surface area contributed by atoms with Crippen molar-refractivity contribution in [1.82, 2.24) is 0 Å². The van der Waals surface area contributed by atoms with Gasteiger partial charge >= 0.3 is 0 Å². The Kier molecular flexibility index (Phi) is 5.41. The van der Waals surface area contributed by atoms with Gasteiger partial charge in [-0.05, 0) is 30.7 Å². The fourth-order valence-electron chi connectivity index (χ4n) is 2.66. The average Bonchev–Trinajstić information content (AvgIpc) is 2.67. The molecule has 0 fully saturated rings. The maximum atomic E-state index is 15.0. The van der Waals surface area contributed by atoms with Crippen LogP contribution in [0.5, 0.6) is 0 Å². The van der Waals surface area contributed by atoms with E-state index in [4.69, 9.17) is 0 Å². The van der Waals surface area contributed by atoms with Crippen molar-refractivity contribution in [1.29, 1.82) is 0 Å². The molecule has 3 aromatic carbocycles. The molecule has 0 saturated carbocycles. The van der Waals surface area contributed by atoms with Gasteiger partial charge < -0.3 is 5.11 Å². The Morgan fingerprint density at radius 3 is 2.16 bits per heavy atom. The molecule has 1 N–H and O–H groups in total. The van der Waals surface area contributed by atoms with E-state index in [1.54, 1.807) is 60.7 Å². The number of alkyl halides is 1. The first-order valence-electron chi connectivity index (χ1n) is 8.02. The molecule has 128 valence electrons. The Labute approximate surface area is 149 Å². The summed E-state index contributed by atoms with van der Waals surface area (Å²) in [6.07, 6.45) is -2.97. The van der Waals surface area contributed by atoms with Crippen LogP contribution in [0.3, 0.4) is 0 Å². The van der Waals surface area contributed by atoms with Gasteiger partial charge in [-0.25, -0.2) is 8.60 Å². The van der Waals surface area contributed by atoms with Crippen LogP contribution in [0.1, 0.15) is 29.0 Å². The van der Waals surface area contributed by atoms with Crippen molar-refractivity contribution in [3.8, 4) is 0 Å². The second kappa shape index (κ2) is 7.72. The summed E-state index contributed by atoms with van der Waals surface area (Å²) in [6, 6.07) is 22.6. The highest BCUT2D eigenvalue weighted by Crippen LogP contribution is 2.36. The smallest absolute Gasteiger partial charge is 0.156 e. The van der Waals surface area contributed by atoms with E-state index in [-0.39, 0.29) is 5.56 Å². The second-order valence-corrected chi connectivity index (χ2v) is 7.33. The lowest BCUT2D eigenvalue weighted by Crippen LogP contribution is -2.09. The summed E-state index contributed by atoms with van der Waals surface area (Å²) in [5, 5.41) is 10.4. The maximum Gasteiger partial charge on any atom is 0.156 e. The van der Waals surface area contributed by atoms with E-state index < -0.39 is 23.1 Å². The van der Waals surface area contributed by atoms with Crippen molar-refractivity contribution in [2.45, 2.75) is 29.0 Å². The van der Waals surface area contributed by atoms with Crippen molar-refractivity contribution in [2.75, 3.05) is 0 Å². The lowest BCUT2D eigenvalue weighted by molar-refractivity contribution is 0.0760. The van der Waals surface area contributed by atoms with Crippen molar-refractivity contribution in [3.63, 3.8) is 0 Å². The highest BCUT2D eigenvalue weighted by molar-refractivity contribution is 7.85. The average molecular weight is 354 g/mol. The van der Waals surface area contributed by atoms with Crippen LogP contribution in [0.2, 0.25) is 0 Å². The predicted octanol–water partition coefficient (Wildman–Crippen LogP) is 4.91. The monoisotopic (exact) mass is 354 g/mol. The number of rotatable bonds is 5. The van der Waals surface area contributed by atoms with Gasteiger partial charge in [-0.15, -0.1) is 0 Å². The molecule has 0 bridgehead atoms. The van der Waals surface area contributed by atoms with Gasteiger partial charge in [0.15, 0.2) is 6.17 Å². The Morgan fingerprint density at radius 2 is 1.48 bits per heavy atom. The van der Waals surface area contributed by atoms with Crippen LogP contribution in [-0.4, -0.2) is 9.32 Å². The van der Waals surface area contributed by atoms with Gasteiger partial charge in [-0.3, -0.25) is 0 Å². The van der Waals surface area contributed by atoms with Crippen LogP contribution < -0.4 is 0 Å². The minimum Gasteiger partial charge on any atom is -0.385 e. The Morgan fingerprint density at radius 1 is 0.880 bits per heavy atom. The molecule has 0 saturated heterocycles. The second-order valence-electron chi connectivity index (χ2n) is 5.88. The SMILES string of the molecule is Cc1ccc(S(=O)c2ccccc2[C@H](F)[C@H](O)c2ccccc2)cc1. The van der Waals surface area contributed by atoms with E-state index in [9.17, 15) is 9.32 Å². The summed E-state index contributed by atoms with van der Waals surface area (Å²) in [5.41, 5.74) is 1.81. The summed E-state index contributed by atoms with van der Waals surface area (Å²) in [4.78, 5) is 0.994. The highest BCUT2D eigenvalue weighted by Gasteiger charge is 2.26. The number of benzene rings is 3. The molecule has 3 aromatic rings. The molecule has 3 rings (SSSR count). The van der Waals surface area contributed by atoms with Crippen molar-refractivity contribution in [3.05, 3.63) is 95.6 Å². The third-order valence-electron chi connectivity index (χ3n) is 4.07. The number of aryl methyl sites for hydroxylation is 1. The zero-order valence-corrected chi connectivity index (χ0v) is 14.6. The number of aliphatic hydroxyl groups is 1. The molecule has 25 heavy (non-hydrogen) atoms. The number of aliphatic hydroxyl groups excluding tert-OH is 1. The van der Waals surface area contributed by atoms with E-state index in [1.165, 1.54) is 0 Å². The molecule has 4 heteroatoms. The third-order valence-corrected chi connectivity index (χ3v) is 5.54. The summed E-state index contributed by atoms with van der Waals surface area (Å²) in [7, 11) is -1.51. The Balaban J connectivity index is 1.95. The zero-order chi connectivity index (χ0) is 17.8. The first-order chi connectivity index (χ1) is 12.1. The molecular formula is C21H19FO2S. The molecule has 0 aliphatic heterocycles. The molecule has 0 heterocycles. The number of halogens is 1. The highest BCUT2D eigenvalue weighted by atomic mass is 32.2. The van der Waals surface area contributed by atoms with E-state index in [2.05, 4.69) is 0 Å². The van der Waals surface area contributed by atoms with Crippen LogP contribution in [-0.2, 0) is 10.8 Å². The fraction of sp³-hybridized carbons (Fsp3) is 0.143. The minimum absolute atomic E-state index is 0.248. The molecule has 0 amide bonds. The van der Waals surface area contributed by atoms with Gasteiger partial charge in [0.05, 0.1) is 10.8 Å². The normalized spacial score (nSPS) is 14.7. The standard InChI is InChI=1S/C21H19FO2S/c1-15-11-13-17(14-12-15)25(24)19-10-6-5-9-18(19)20(22)21(23)16-7-3-2-4-8-16/h2-14,20-21,23H,1H3/t20-,21+,25?/m0/s1. The van der Waals surface area contributed by atoms with Gasteiger partial charge in [-0.1, -0.05) is 66.2 Å².